The molecule has 0 aromatic heterocycles. The molecule has 0 atom stereocenters. The minimum absolute atomic E-state index is 0.123. The fraction of sp³-hybridized carbons (Fsp3) is 0.467. The van der Waals surface area contributed by atoms with E-state index < -0.39 is 34.8 Å². The Morgan fingerprint density at radius 2 is 1.77 bits per heavy atom. The maximum absolute atomic E-state index is 13.7. The van der Waals surface area contributed by atoms with Crippen molar-refractivity contribution < 1.29 is 28.2 Å². The summed E-state index contributed by atoms with van der Waals surface area (Å²) in [6.45, 7) is 0.297. The molecule has 0 heterocycles. The molecule has 0 spiro atoms. The molecule has 0 aliphatic heterocycles. The van der Waals surface area contributed by atoms with Crippen LogP contribution in [-0.2, 0) is 4.79 Å². The average molecular weight is 315 g/mol. The van der Waals surface area contributed by atoms with E-state index in [1.54, 1.807) is 0 Å². The van der Waals surface area contributed by atoms with Crippen molar-refractivity contribution in [3.63, 3.8) is 0 Å². The number of halogens is 2. The van der Waals surface area contributed by atoms with Crippen molar-refractivity contribution in [2.75, 3.05) is 13.7 Å². The fourth-order valence-corrected chi connectivity index (χ4v) is 1.99. The van der Waals surface area contributed by atoms with Gasteiger partial charge in [-0.1, -0.05) is 12.8 Å². The first kappa shape index (κ1) is 17.9. The number of nitrogens with one attached hydrogen (secondary N) is 1. The molecule has 0 fully saturated rings. The Kier molecular flexibility index (Phi) is 7.28. The van der Waals surface area contributed by atoms with Crippen LogP contribution in [0.5, 0.6) is 5.75 Å². The van der Waals surface area contributed by atoms with Crippen molar-refractivity contribution in [3.8, 4) is 5.75 Å². The third kappa shape index (κ3) is 5.31. The Bertz CT molecular complexity index is 535. The number of hydrogen-bond donors (Lipinski definition) is 2. The van der Waals surface area contributed by atoms with Crippen LogP contribution in [0, 0.1) is 11.6 Å². The fourth-order valence-electron chi connectivity index (χ4n) is 1.99. The summed E-state index contributed by atoms with van der Waals surface area (Å²) in [4.78, 5) is 22.2. The zero-order valence-electron chi connectivity index (χ0n) is 12.3. The van der Waals surface area contributed by atoms with Crippen molar-refractivity contribution in [2.24, 2.45) is 0 Å². The summed E-state index contributed by atoms with van der Waals surface area (Å²) in [6.07, 6.45) is 2.81. The quantitative estimate of drug-likeness (QED) is 0.687. The molecule has 0 aliphatic rings. The van der Waals surface area contributed by atoms with Crippen LogP contribution in [0.15, 0.2) is 12.1 Å². The molecule has 5 nitrogen and oxygen atoms in total. The monoisotopic (exact) mass is 315 g/mol. The molecule has 1 rings (SSSR count). The lowest BCUT2D eigenvalue weighted by Crippen LogP contribution is -2.26. The van der Waals surface area contributed by atoms with Gasteiger partial charge in [-0.15, -0.1) is 0 Å². The number of methoxy groups -OCH3 is 1. The molecular weight excluding hydrogens is 296 g/mol. The van der Waals surface area contributed by atoms with Crippen molar-refractivity contribution in [1.82, 2.24) is 5.32 Å². The van der Waals surface area contributed by atoms with E-state index in [1.807, 2.05) is 0 Å². The molecule has 0 unspecified atom stereocenters. The van der Waals surface area contributed by atoms with Crippen LogP contribution >= 0.6 is 0 Å². The summed E-state index contributed by atoms with van der Waals surface area (Å²) in [5, 5.41) is 11.0. The maximum atomic E-state index is 13.7. The van der Waals surface area contributed by atoms with Crippen LogP contribution in [0.25, 0.3) is 0 Å². The number of aliphatic carboxylic acids is 1. The first-order valence-electron chi connectivity index (χ1n) is 6.99. The van der Waals surface area contributed by atoms with Gasteiger partial charge in [0.2, 0.25) is 0 Å². The minimum Gasteiger partial charge on any atom is -0.493 e. The van der Waals surface area contributed by atoms with Crippen LogP contribution < -0.4 is 10.1 Å². The molecule has 0 radical (unpaired) electrons. The van der Waals surface area contributed by atoms with Crippen LogP contribution in [0.2, 0.25) is 0 Å². The van der Waals surface area contributed by atoms with E-state index in [0.29, 0.717) is 19.4 Å². The van der Waals surface area contributed by atoms with Crippen molar-refractivity contribution in [3.05, 3.63) is 29.3 Å². The van der Waals surface area contributed by atoms with Crippen LogP contribution in [0.3, 0.4) is 0 Å². The predicted molar refractivity (Wildman–Crippen MR) is 76.0 cm³/mol. The van der Waals surface area contributed by atoms with E-state index in [2.05, 4.69) is 5.32 Å². The second-order valence-corrected chi connectivity index (χ2v) is 4.75. The average Bonchev–Trinajstić information content (AvgIpc) is 2.47. The van der Waals surface area contributed by atoms with Gasteiger partial charge in [0.05, 0.1) is 7.11 Å². The molecule has 1 aromatic carbocycles. The smallest absolute Gasteiger partial charge is 0.303 e. The van der Waals surface area contributed by atoms with Crippen LogP contribution in [-0.4, -0.2) is 30.6 Å². The molecule has 2 N–H and O–H groups in total. The van der Waals surface area contributed by atoms with Gasteiger partial charge in [-0.05, 0) is 25.0 Å². The van der Waals surface area contributed by atoms with Gasteiger partial charge in [0.25, 0.3) is 5.91 Å². The van der Waals surface area contributed by atoms with E-state index in [0.717, 1.165) is 32.1 Å². The molecule has 122 valence electrons. The lowest BCUT2D eigenvalue weighted by Gasteiger charge is -2.11. The van der Waals surface area contributed by atoms with E-state index in [4.69, 9.17) is 9.84 Å². The largest absolute Gasteiger partial charge is 0.493 e. The van der Waals surface area contributed by atoms with E-state index in [9.17, 15) is 18.4 Å². The van der Waals surface area contributed by atoms with Gasteiger partial charge in [-0.3, -0.25) is 9.59 Å². The summed E-state index contributed by atoms with van der Waals surface area (Å²) in [5.41, 5.74) is -0.451. The minimum atomic E-state index is -0.850. The Morgan fingerprint density at radius 1 is 1.14 bits per heavy atom. The summed E-state index contributed by atoms with van der Waals surface area (Å²) in [5.74, 6) is -3.64. The van der Waals surface area contributed by atoms with Gasteiger partial charge in [0, 0.05) is 13.0 Å². The number of amides is 1. The zero-order valence-corrected chi connectivity index (χ0v) is 12.3. The molecule has 0 saturated carbocycles. The molecule has 1 aromatic rings. The number of carbonyl (C=O) groups is 2. The number of benzene rings is 1. The number of carbonyl (C=O) groups excluding carboxylic acids is 1. The van der Waals surface area contributed by atoms with Gasteiger partial charge >= 0.3 is 5.97 Å². The summed E-state index contributed by atoms with van der Waals surface area (Å²) >= 11 is 0. The summed E-state index contributed by atoms with van der Waals surface area (Å²) in [7, 11) is 1.16. The van der Waals surface area contributed by atoms with E-state index >= 15 is 0 Å². The number of hydrogen-bond acceptors (Lipinski definition) is 3. The maximum Gasteiger partial charge on any atom is 0.303 e. The Hall–Kier alpha value is -2.18. The first-order chi connectivity index (χ1) is 10.5. The Morgan fingerprint density at radius 3 is 2.41 bits per heavy atom. The summed E-state index contributed by atoms with van der Waals surface area (Å²) in [6, 6.07) is 1.77. The number of rotatable bonds is 9. The van der Waals surface area contributed by atoms with Crippen molar-refractivity contribution >= 4 is 11.9 Å². The molecule has 0 bridgehead atoms. The summed E-state index contributed by atoms with van der Waals surface area (Å²) < 4.78 is 31.8. The van der Waals surface area contributed by atoms with Crippen LogP contribution in [0.4, 0.5) is 8.78 Å². The number of ether oxygens (including phenoxy) is 1. The number of unbranched alkanes of at least 4 members (excludes halogenated alkanes) is 3. The SMILES string of the molecule is COc1c(F)ccc(F)c1C(=O)NCCCCCCC(=O)O. The van der Waals surface area contributed by atoms with E-state index in [-0.39, 0.29) is 6.42 Å². The molecule has 1 amide bonds. The normalized spacial score (nSPS) is 10.3. The zero-order chi connectivity index (χ0) is 16.5. The first-order valence-corrected chi connectivity index (χ1v) is 6.99. The van der Waals surface area contributed by atoms with Crippen LogP contribution in [0.1, 0.15) is 42.5 Å². The van der Waals surface area contributed by atoms with Gasteiger partial charge in [0.15, 0.2) is 11.6 Å². The van der Waals surface area contributed by atoms with Gasteiger partial charge < -0.3 is 15.2 Å². The van der Waals surface area contributed by atoms with E-state index in [1.165, 1.54) is 0 Å². The standard InChI is InChI=1S/C15H19F2NO4/c1-22-14-11(17)8-7-10(16)13(14)15(21)18-9-5-3-2-4-6-12(19)20/h7-8H,2-6,9H2,1H3,(H,18,21)(H,19,20). The van der Waals surface area contributed by atoms with Crippen molar-refractivity contribution in [1.29, 1.82) is 0 Å². The highest BCUT2D eigenvalue weighted by Gasteiger charge is 2.20. The third-order valence-electron chi connectivity index (χ3n) is 3.09. The topological polar surface area (TPSA) is 75.6 Å². The third-order valence-corrected chi connectivity index (χ3v) is 3.09. The Balaban J connectivity index is 2.43. The highest BCUT2D eigenvalue weighted by molar-refractivity contribution is 5.97. The predicted octanol–water partition coefficient (Wildman–Crippen LogP) is 2.74. The molecule has 7 heteroatoms. The number of carboxylic acid groups (broad SMARTS) is 1. The molecular formula is C15H19F2NO4. The number of carboxylic acids is 1. The highest BCUT2D eigenvalue weighted by Crippen LogP contribution is 2.25. The van der Waals surface area contributed by atoms with Gasteiger partial charge in [-0.2, -0.15) is 0 Å². The van der Waals surface area contributed by atoms with Gasteiger partial charge in [0.1, 0.15) is 11.4 Å². The second kappa shape index (κ2) is 8.96. The lowest BCUT2D eigenvalue weighted by molar-refractivity contribution is -0.137. The Labute approximate surface area is 127 Å². The molecule has 0 aliphatic carbocycles. The van der Waals surface area contributed by atoms with Crippen molar-refractivity contribution in [2.45, 2.75) is 32.1 Å². The molecule has 0 saturated heterocycles. The second-order valence-electron chi connectivity index (χ2n) is 4.75. The highest BCUT2D eigenvalue weighted by atomic mass is 19.1. The lowest BCUT2D eigenvalue weighted by atomic mass is 10.1. The molecule has 22 heavy (non-hydrogen) atoms. The van der Waals surface area contributed by atoms with Gasteiger partial charge in [-0.25, -0.2) is 8.78 Å².